The third kappa shape index (κ3) is 3.05. The van der Waals surface area contributed by atoms with Crippen LogP contribution in [-0.4, -0.2) is 16.5 Å². The molecule has 0 aliphatic carbocycles. The summed E-state index contributed by atoms with van der Waals surface area (Å²) in [7, 11) is 0. The topological polar surface area (TPSA) is 37.8 Å². The Morgan fingerprint density at radius 3 is 2.81 bits per heavy atom. The van der Waals surface area contributed by atoms with E-state index in [9.17, 15) is 0 Å². The zero-order chi connectivity index (χ0) is 11.2. The van der Waals surface area contributed by atoms with E-state index in [-0.39, 0.29) is 0 Å². The molecule has 3 nitrogen and oxygen atoms in total. The zero-order valence-corrected chi connectivity index (χ0v) is 9.35. The van der Waals surface area contributed by atoms with E-state index in [1.54, 1.807) is 0 Å². The Bertz CT molecular complexity index is 440. The number of hydrogen-bond acceptors (Lipinski definition) is 3. The highest BCUT2D eigenvalue weighted by Gasteiger charge is 1.94. The van der Waals surface area contributed by atoms with E-state index < -0.39 is 0 Å². The molecule has 0 saturated carbocycles. The van der Waals surface area contributed by atoms with Crippen molar-refractivity contribution in [3.8, 4) is 0 Å². The molecule has 0 atom stereocenters. The van der Waals surface area contributed by atoms with Gasteiger partial charge in [0.15, 0.2) is 0 Å². The van der Waals surface area contributed by atoms with Gasteiger partial charge in [-0.3, -0.25) is 9.97 Å². The summed E-state index contributed by atoms with van der Waals surface area (Å²) >= 11 is 0. The molecule has 0 amide bonds. The summed E-state index contributed by atoms with van der Waals surface area (Å²) in [5, 5.41) is 3.35. The molecule has 1 N–H and O–H groups in total. The van der Waals surface area contributed by atoms with Crippen molar-refractivity contribution in [2.75, 3.05) is 11.9 Å². The molecule has 0 unspecified atom stereocenters. The van der Waals surface area contributed by atoms with E-state index in [4.69, 9.17) is 0 Å². The second kappa shape index (κ2) is 5.26. The fourth-order valence-electron chi connectivity index (χ4n) is 1.54. The molecule has 0 bridgehead atoms. The maximum absolute atomic E-state index is 4.28. The molecule has 3 heteroatoms. The lowest BCUT2D eigenvalue weighted by molar-refractivity contribution is 0.960. The summed E-state index contributed by atoms with van der Waals surface area (Å²) < 4.78 is 0. The maximum atomic E-state index is 4.28. The number of anilines is 1. The molecular weight excluding hydrogens is 198 g/mol. The first kappa shape index (κ1) is 10.6. The molecule has 82 valence electrons. The molecule has 2 rings (SSSR count). The molecule has 0 fully saturated rings. The summed E-state index contributed by atoms with van der Waals surface area (Å²) in [6.45, 7) is 2.88. The number of nitrogens with one attached hydrogen (secondary N) is 1. The predicted octanol–water partition coefficient (Wildman–Crippen LogP) is 2.44. The van der Waals surface area contributed by atoms with Gasteiger partial charge in [-0.1, -0.05) is 6.07 Å². The Morgan fingerprint density at radius 2 is 2.06 bits per heavy atom. The summed E-state index contributed by atoms with van der Waals surface area (Å²) in [4.78, 5) is 8.43. The Morgan fingerprint density at radius 1 is 1.12 bits per heavy atom. The minimum absolute atomic E-state index is 0.889. The van der Waals surface area contributed by atoms with Crippen LogP contribution in [0.2, 0.25) is 0 Å². The summed E-state index contributed by atoms with van der Waals surface area (Å²) in [5.41, 5.74) is 3.26. The Hall–Kier alpha value is -1.90. The lowest BCUT2D eigenvalue weighted by atomic mass is 10.2. The third-order valence-corrected chi connectivity index (χ3v) is 2.33. The molecule has 2 heterocycles. The average Bonchev–Trinajstić information content (AvgIpc) is 2.30. The van der Waals surface area contributed by atoms with Crippen molar-refractivity contribution in [1.82, 2.24) is 9.97 Å². The first-order valence-electron chi connectivity index (χ1n) is 5.41. The molecule has 2 aromatic heterocycles. The van der Waals surface area contributed by atoms with Gasteiger partial charge in [0.2, 0.25) is 0 Å². The Balaban J connectivity index is 1.85. The molecular formula is C13H15N3. The van der Waals surface area contributed by atoms with E-state index in [0.29, 0.717) is 0 Å². The van der Waals surface area contributed by atoms with Crippen LogP contribution in [0.4, 0.5) is 5.69 Å². The van der Waals surface area contributed by atoms with Gasteiger partial charge in [0.1, 0.15) is 0 Å². The standard InChI is InChI=1S/C13H15N3/c1-11-10-13(6-8-14-11)16-9-5-12-4-2-3-7-15-12/h2-4,6-8,10H,5,9H2,1H3,(H,14,16). The van der Waals surface area contributed by atoms with Crippen LogP contribution in [0.5, 0.6) is 0 Å². The average molecular weight is 213 g/mol. The summed E-state index contributed by atoms with van der Waals surface area (Å²) in [6.07, 6.45) is 4.58. The van der Waals surface area contributed by atoms with Crippen molar-refractivity contribution in [3.05, 3.63) is 54.1 Å². The lowest BCUT2D eigenvalue weighted by Crippen LogP contribution is -2.06. The van der Waals surface area contributed by atoms with Crippen LogP contribution in [0.25, 0.3) is 0 Å². The van der Waals surface area contributed by atoms with Crippen molar-refractivity contribution >= 4 is 5.69 Å². The number of rotatable bonds is 4. The number of hydrogen-bond donors (Lipinski definition) is 1. The van der Waals surface area contributed by atoms with Gasteiger partial charge < -0.3 is 5.32 Å². The van der Waals surface area contributed by atoms with Crippen LogP contribution >= 0.6 is 0 Å². The monoisotopic (exact) mass is 213 g/mol. The molecule has 0 aliphatic heterocycles. The van der Waals surface area contributed by atoms with Crippen molar-refractivity contribution < 1.29 is 0 Å². The normalized spacial score (nSPS) is 10.1. The smallest absolute Gasteiger partial charge is 0.0421 e. The van der Waals surface area contributed by atoms with E-state index in [1.807, 2.05) is 49.6 Å². The van der Waals surface area contributed by atoms with Crippen LogP contribution in [0, 0.1) is 6.92 Å². The molecule has 2 aromatic rings. The van der Waals surface area contributed by atoms with Crippen LogP contribution in [-0.2, 0) is 6.42 Å². The van der Waals surface area contributed by atoms with E-state index in [1.165, 1.54) is 0 Å². The highest BCUT2D eigenvalue weighted by Crippen LogP contribution is 2.06. The van der Waals surface area contributed by atoms with E-state index in [0.717, 1.165) is 30.0 Å². The van der Waals surface area contributed by atoms with Crippen molar-refractivity contribution in [2.45, 2.75) is 13.3 Å². The zero-order valence-electron chi connectivity index (χ0n) is 9.35. The molecule has 0 aliphatic rings. The number of pyridine rings is 2. The molecule has 0 spiro atoms. The van der Waals surface area contributed by atoms with Crippen molar-refractivity contribution in [3.63, 3.8) is 0 Å². The van der Waals surface area contributed by atoms with Gasteiger partial charge in [-0.05, 0) is 31.2 Å². The molecule has 16 heavy (non-hydrogen) atoms. The maximum Gasteiger partial charge on any atom is 0.0421 e. The SMILES string of the molecule is Cc1cc(NCCc2ccccn2)ccn1. The molecule has 0 radical (unpaired) electrons. The second-order valence-corrected chi connectivity index (χ2v) is 3.68. The van der Waals surface area contributed by atoms with Gasteiger partial charge in [0.25, 0.3) is 0 Å². The first-order chi connectivity index (χ1) is 7.84. The van der Waals surface area contributed by atoms with Crippen LogP contribution in [0.15, 0.2) is 42.7 Å². The van der Waals surface area contributed by atoms with Gasteiger partial charge in [-0.2, -0.15) is 0 Å². The minimum atomic E-state index is 0.889. The summed E-state index contributed by atoms with van der Waals surface area (Å²) in [6, 6.07) is 10.0. The fraction of sp³-hybridized carbons (Fsp3) is 0.231. The molecule has 0 saturated heterocycles. The van der Waals surface area contributed by atoms with E-state index in [2.05, 4.69) is 15.3 Å². The predicted molar refractivity (Wildman–Crippen MR) is 65.4 cm³/mol. The first-order valence-corrected chi connectivity index (χ1v) is 5.41. The Kier molecular flexibility index (Phi) is 3.49. The van der Waals surface area contributed by atoms with E-state index >= 15 is 0 Å². The third-order valence-electron chi connectivity index (χ3n) is 2.33. The van der Waals surface area contributed by atoms with Crippen molar-refractivity contribution in [1.29, 1.82) is 0 Å². The number of aryl methyl sites for hydroxylation is 1. The van der Waals surface area contributed by atoms with Gasteiger partial charge in [-0.15, -0.1) is 0 Å². The van der Waals surface area contributed by atoms with Crippen LogP contribution < -0.4 is 5.32 Å². The van der Waals surface area contributed by atoms with Gasteiger partial charge >= 0.3 is 0 Å². The summed E-state index contributed by atoms with van der Waals surface area (Å²) in [5.74, 6) is 0. The van der Waals surface area contributed by atoms with Crippen LogP contribution in [0.3, 0.4) is 0 Å². The van der Waals surface area contributed by atoms with Gasteiger partial charge in [0, 0.05) is 42.4 Å². The van der Waals surface area contributed by atoms with Crippen molar-refractivity contribution in [2.24, 2.45) is 0 Å². The largest absolute Gasteiger partial charge is 0.385 e. The molecule has 0 aromatic carbocycles. The number of aromatic nitrogens is 2. The number of nitrogens with zero attached hydrogens (tertiary/aromatic N) is 2. The lowest BCUT2D eigenvalue weighted by Gasteiger charge is -2.06. The highest BCUT2D eigenvalue weighted by molar-refractivity contribution is 5.42. The minimum Gasteiger partial charge on any atom is -0.385 e. The quantitative estimate of drug-likeness (QED) is 0.847. The van der Waals surface area contributed by atoms with Gasteiger partial charge in [0.05, 0.1) is 0 Å². The van der Waals surface area contributed by atoms with Gasteiger partial charge in [-0.25, -0.2) is 0 Å². The highest BCUT2D eigenvalue weighted by atomic mass is 14.9. The Labute approximate surface area is 95.6 Å². The second-order valence-electron chi connectivity index (χ2n) is 3.68. The fourth-order valence-corrected chi connectivity index (χ4v) is 1.54. The van der Waals surface area contributed by atoms with Crippen LogP contribution in [0.1, 0.15) is 11.4 Å².